The van der Waals surface area contributed by atoms with Crippen LogP contribution >= 0.6 is 0 Å². The zero-order chi connectivity index (χ0) is 34.6. The number of hydrogen-bond donors (Lipinski definition) is 1. The van der Waals surface area contributed by atoms with E-state index in [2.05, 4.69) is 11.1 Å². The number of hydrogen-bond acceptors (Lipinski definition) is 9. The number of nitrogens with zero attached hydrogens (tertiary/aromatic N) is 4. The van der Waals surface area contributed by atoms with E-state index in [1.54, 1.807) is 43.5 Å². The molecule has 0 aliphatic carbocycles. The highest BCUT2D eigenvalue weighted by atomic mass is 19.1. The van der Waals surface area contributed by atoms with E-state index in [0.29, 0.717) is 83.7 Å². The van der Waals surface area contributed by atoms with Gasteiger partial charge >= 0.3 is 5.97 Å². The molecule has 256 valence electrons. The van der Waals surface area contributed by atoms with Crippen molar-refractivity contribution < 1.29 is 38.0 Å². The van der Waals surface area contributed by atoms with Crippen LogP contribution in [0.1, 0.15) is 50.4 Å². The molecule has 7 rings (SSSR count). The van der Waals surface area contributed by atoms with E-state index in [1.807, 2.05) is 16.7 Å². The summed E-state index contributed by atoms with van der Waals surface area (Å²) in [5.74, 6) is -0.261. The fourth-order valence-corrected chi connectivity index (χ4v) is 6.23. The van der Waals surface area contributed by atoms with Crippen LogP contribution in [-0.4, -0.2) is 65.3 Å². The monoisotopic (exact) mass is 678 g/mol. The van der Waals surface area contributed by atoms with E-state index in [-0.39, 0.29) is 37.9 Å². The molecule has 2 aliphatic rings. The van der Waals surface area contributed by atoms with Crippen molar-refractivity contribution in [1.29, 1.82) is 5.26 Å². The summed E-state index contributed by atoms with van der Waals surface area (Å²) in [6.45, 7) is 2.37. The highest BCUT2D eigenvalue weighted by molar-refractivity contribution is 5.95. The van der Waals surface area contributed by atoms with Crippen LogP contribution in [-0.2, 0) is 46.8 Å². The molecule has 2 aromatic heterocycles. The van der Waals surface area contributed by atoms with Crippen LogP contribution in [0.4, 0.5) is 4.39 Å². The number of aromatic carboxylic acids is 1. The fourth-order valence-electron chi connectivity index (χ4n) is 6.23. The predicted molar refractivity (Wildman–Crippen MR) is 180 cm³/mol. The number of fused-ring (bicyclic) bond motifs is 8. The molecule has 1 saturated heterocycles. The number of pyridine rings is 1. The Bertz CT molecular complexity index is 2100. The van der Waals surface area contributed by atoms with Gasteiger partial charge in [-0.05, 0) is 77.6 Å². The number of imidazole rings is 1. The highest BCUT2D eigenvalue weighted by Crippen LogP contribution is 2.33. The normalized spacial score (nSPS) is 15.7. The average molecular weight is 679 g/mol. The molecule has 11 nitrogen and oxygen atoms in total. The van der Waals surface area contributed by atoms with Gasteiger partial charge in [-0.3, -0.25) is 0 Å². The van der Waals surface area contributed by atoms with Crippen molar-refractivity contribution in [3.63, 3.8) is 0 Å². The lowest BCUT2D eigenvalue weighted by molar-refractivity contribution is -0.0589. The van der Waals surface area contributed by atoms with Crippen LogP contribution < -0.4 is 9.47 Å². The molecule has 0 amide bonds. The van der Waals surface area contributed by atoms with E-state index in [1.165, 1.54) is 12.1 Å². The van der Waals surface area contributed by atoms with Crippen molar-refractivity contribution in [2.45, 2.75) is 45.1 Å². The molecule has 12 heteroatoms. The predicted octanol–water partition coefficient (Wildman–Crippen LogP) is 5.86. The van der Waals surface area contributed by atoms with Crippen LogP contribution in [0, 0.1) is 17.1 Å². The molecule has 1 atom stereocenters. The second-order valence-electron chi connectivity index (χ2n) is 12.2. The third kappa shape index (κ3) is 7.02. The molecule has 6 bridgehead atoms. The first-order chi connectivity index (χ1) is 24.4. The maximum Gasteiger partial charge on any atom is 0.335 e. The first kappa shape index (κ1) is 33.2. The fraction of sp³-hybridized carbons (Fsp3) is 0.316. The topological polar surface area (TPSA) is 138 Å². The minimum atomic E-state index is -1.09. The van der Waals surface area contributed by atoms with E-state index in [4.69, 9.17) is 28.7 Å². The molecule has 4 heterocycles. The Kier molecular flexibility index (Phi) is 9.71. The SMILES string of the molecule is COCCOc1cc(C(=O)O)cc2c1nc(Cc1cc(F)c3cc1CCOCc1cc(ccc1C#N)COc1cccc-3n1)n2CC1CCO1. The molecule has 0 radical (unpaired) electrons. The Labute approximate surface area is 287 Å². The van der Waals surface area contributed by atoms with Gasteiger partial charge < -0.3 is 33.4 Å². The number of carbonyl (C=O) groups is 1. The van der Waals surface area contributed by atoms with Gasteiger partial charge in [0.1, 0.15) is 36.1 Å². The highest BCUT2D eigenvalue weighted by Gasteiger charge is 2.25. The number of carboxylic acids is 1. The second kappa shape index (κ2) is 14.6. The second-order valence-corrected chi connectivity index (χ2v) is 12.2. The Balaban J connectivity index is 1.30. The van der Waals surface area contributed by atoms with Crippen LogP contribution in [0.15, 0.2) is 60.7 Å². The maximum absolute atomic E-state index is 16.1. The lowest BCUT2D eigenvalue weighted by atomic mass is 9.96. The molecule has 0 spiro atoms. The number of ether oxygens (including phenoxy) is 5. The Hall–Kier alpha value is -5.35. The largest absolute Gasteiger partial charge is 0.489 e. The first-order valence-electron chi connectivity index (χ1n) is 16.4. The summed E-state index contributed by atoms with van der Waals surface area (Å²) < 4.78 is 47.0. The summed E-state index contributed by atoms with van der Waals surface area (Å²) >= 11 is 0. The molecular weight excluding hydrogens is 643 g/mol. The van der Waals surface area contributed by atoms with E-state index in [9.17, 15) is 15.2 Å². The molecule has 2 aliphatic heterocycles. The summed E-state index contributed by atoms with van der Waals surface area (Å²) in [5, 5.41) is 19.6. The smallest absolute Gasteiger partial charge is 0.335 e. The third-order valence-electron chi connectivity index (χ3n) is 8.96. The average Bonchev–Trinajstić information content (AvgIpc) is 3.44. The Morgan fingerprint density at radius 2 is 1.96 bits per heavy atom. The van der Waals surface area contributed by atoms with Gasteiger partial charge in [-0.1, -0.05) is 12.1 Å². The van der Waals surface area contributed by atoms with Crippen molar-refractivity contribution in [2.75, 3.05) is 33.5 Å². The maximum atomic E-state index is 16.1. The van der Waals surface area contributed by atoms with Crippen molar-refractivity contribution in [3.05, 3.63) is 106 Å². The van der Waals surface area contributed by atoms with Crippen LogP contribution in [0.2, 0.25) is 0 Å². The quantitative estimate of drug-likeness (QED) is 0.189. The van der Waals surface area contributed by atoms with Crippen LogP contribution in [0.3, 0.4) is 0 Å². The van der Waals surface area contributed by atoms with Crippen molar-refractivity contribution in [3.8, 4) is 29.0 Å². The lowest BCUT2D eigenvalue weighted by Crippen LogP contribution is -2.31. The number of nitriles is 1. The van der Waals surface area contributed by atoms with E-state index < -0.39 is 11.8 Å². The third-order valence-corrected chi connectivity index (χ3v) is 8.96. The van der Waals surface area contributed by atoms with Gasteiger partial charge in [0.25, 0.3) is 0 Å². The van der Waals surface area contributed by atoms with Crippen molar-refractivity contribution >= 4 is 17.0 Å². The summed E-state index contributed by atoms with van der Waals surface area (Å²) in [4.78, 5) is 21.7. The molecular formula is C38H35FN4O7. The molecule has 50 heavy (non-hydrogen) atoms. The van der Waals surface area contributed by atoms with Gasteiger partial charge in [0.05, 0.1) is 60.9 Å². The van der Waals surface area contributed by atoms with Gasteiger partial charge in [0, 0.05) is 31.8 Å². The first-order valence-corrected chi connectivity index (χ1v) is 16.4. The molecule has 1 N–H and O–H groups in total. The standard InChI is InChI=1S/C38H35FN4O7/c1-46-11-12-49-34-17-27(38(44)45)16-33-37(34)42-35(43(33)20-29-8-10-48-29)18-26-15-31(39)30-14-24(26)7-9-47-22-28-13-23(5-6-25(28)19-40)21-50-36-4-2-3-32(30)41-36/h2-6,13-17,29H,7-12,18,20-22H2,1H3,(H,44,45). The minimum Gasteiger partial charge on any atom is -0.489 e. The summed E-state index contributed by atoms with van der Waals surface area (Å²) in [6.07, 6.45) is 1.48. The van der Waals surface area contributed by atoms with Gasteiger partial charge in [-0.15, -0.1) is 0 Å². The van der Waals surface area contributed by atoms with Crippen molar-refractivity contribution in [1.82, 2.24) is 14.5 Å². The summed E-state index contributed by atoms with van der Waals surface area (Å²) in [5.41, 5.74) is 5.57. The Morgan fingerprint density at radius 1 is 1.08 bits per heavy atom. The zero-order valence-electron chi connectivity index (χ0n) is 27.5. The number of carboxylic acid groups (broad SMARTS) is 1. The van der Waals surface area contributed by atoms with Crippen molar-refractivity contribution in [2.24, 2.45) is 0 Å². The van der Waals surface area contributed by atoms with Crippen LogP contribution in [0.25, 0.3) is 22.3 Å². The van der Waals surface area contributed by atoms with Gasteiger partial charge in [0.2, 0.25) is 5.88 Å². The molecule has 1 unspecified atom stereocenters. The van der Waals surface area contributed by atoms with Crippen LogP contribution in [0.5, 0.6) is 11.6 Å². The lowest BCUT2D eigenvalue weighted by Gasteiger charge is -2.27. The van der Waals surface area contributed by atoms with E-state index in [0.717, 1.165) is 23.1 Å². The Morgan fingerprint density at radius 3 is 2.74 bits per heavy atom. The van der Waals surface area contributed by atoms with E-state index >= 15 is 4.39 Å². The number of aromatic nitrogens is 3. The molecule has 1 fully saturated rings. The number of rotatable bonds is 9. The number of methoxy groups -OCH3 is 1. The molecule has 0 saturated carbocycles. The summed E-state index contributed by atoms with van der Waals surface area (Å²) in [7, 11) is 1.56. The van der Waals surface area contributed by atoms with Gasteiger partial charge in [0.15, 0.2) is 0 Å². The molecule has 5 aromatic rings. The molecule has 3 aromatic carbocycles. The number of halogens is 1. The zero-order valence-corrected chi connectivity index (χ0v) is 27.5. The summed E-state index contributed by atoms with van der Waals surface area (Å²) in [6, 6.07) is 19.3. The number of benzene rings is 3. The van der Waals surface area contributed by atoms with Gasteiger partial charge in [-0.2, -0.15) is 5.26 Å². The van der Waals surface area contributed by atoms with Gasteiger partial charge in [-0.25, -0.2) is 19.2 Å². The minimum absolute atomic E-state index is 0.0631.